The van der Waals surface area contributed by atoms with Gasteiger partial charge in [0.1, 0.15) is 5.82 Å². The Kier molecular flexibility index (Phi) is 7.77. The Bertz CT molecular complexity index is 440. The van der Waals surface area contributed by atoms with Crippen molar-refractivity contribution in [1.29, 1.82) is 0 Å². The molecule has 1 aromatic carbocycles. The molecule has 1 aromatic rings. The summed E-state index contributed by atoms with van der Waals surface area (Å²) in [6.45, 7) is 5.09. The van der Waals surface area contributed by atoms with Crippen LogP contribution < -0.4 is 10.6 Å². The van der Waals surface area contributed by atoms with Crippen molar-refractivity contribution in [3.63, 3.8) is 0 Å². The van der Waals surface area contributed by atoms with Gasteiger partial charge in [0, 0.05) is 17.6 Å². The van der Waals surface area contributed by atoms with Crippen molar-refractivity contribution < 1.29 is 9.18 Å². The van der Waals surface area contributed by atoms with E-state index in [-0.39, 0.29) is 17.8 Å². The van der Waals surface area contributed by atoms with E-state index < -0.39 is 0 Å². The Hall–Kier alpha value is -0.940. The topological polar surface area (TPSA) is 41.1 Å². The number of unbranched alkanes of at least 4 members (excludes halogenated alkanes) is 2. The summed E-state index contributed by atoms with van der Waals surface area (Å²) < 4.78 is 14.0. The fraction of sp³-hybridized carbons (Fsp3) is 0.533. The van der Waals surface area contributed by atoms with E-state index >= 15 is 0 Å². The van der Waals surface area contributed by atoms with Gasteiger partial charge in [-0.3, -0.25) is 4.79 Å². The summed E-state index contributed by atoms with van der Waals surface area (Å²) in [7, 11) is 0. The largest absolute Gasteiger partial charge is 0.355 e. The van der Waals surface area contributed by atoms with Crippen LogP contribution in [0.2, 0.25) is 0 Å². The highest BCUT2D eigenvalue weighted by molar-refractivity contribution is 9.10. The predicted molar refractivity (Wildman–Crippen MR) is 82.9 cm³/mol. The molecule has 20 heavy (non-hydrogen) atoms. The molecule has 0 spiro atoms. The van der Waals surface area contributed by atoms with Crippen LogP contribution in [0.5, 0.6) is 0 Å². The Morgan fingerprint density at radius 3 is 2.85 bits per heavy atom. The third-order valence-corrected chi connectivity index (χ3v) is 3.85. The maximum Gasteiger partial charge on any atom is 0.236 e. The summed E-state index contributed by atoms with van der Waals surface area (Å²) >= 11 is 3.37. The van der Waals surface area contributed by atoms with Crippen LogP contribution in [0.3, 0.4) is 0 Å². The second-order valence-electron chi connectivity index (χ2n) is 4.84. The molecule has 0 saturated carbocycles. The van der Waals surface area contributed by atoms with Crippen molar-refractivity contribution in [3.05, 3.63) is 34.1 Å². The molecule has 0 radical (unpaired) electrons. The van der Waals surface area contributed by atoms with Crippen molar-refractivity contribution in [1.82, 2.24) is 10.6 Å². The predicted octanol–water partition coefficient (Wildman–Crippen LogP) is 3.37. The van der Waals surface area contributed by atoms with E-state index in [4.69, 9.17) is 0 Å². The van der Waals surface area contributed by atoms with Crippen LogP contribution in [0, 0.1) is 5.82 Å². The molecule has 0 aliphatic heterocycles. The van der Waals surface area contributed by atoms with Crippen LogP contribution in [0.15, 0.2) is 22.7 Å². The fourth-order valence-electron chi connectivity index (χ4n) is 1.77. The molecule has 0 aliphatic carbocycles. The van der Waals surface area contributed by atoms with Crippen LogP contribution in [0.1, 0.15) is 38.7 Å². The number of hydrogen-bond acceptors (Lipinski definition) is 2. The van der Waals surface area contributed by atoms with Gasteiger partial charge in [0.2, 0.25) is 5.91 Å². The van der Waals surface area contributed by atoms with Gasteiger partial charge in [-0.15, -0.1) is 0 Å². The van der Waals surface area contributed by atoms with Gasteiger partial charge in [0.05, 0.1) is 6.04 Å². The number of carbonyl (C=O) groups is 1. The van der Waals surface area contributed by atoms with Crippen LogP contribution >= 0.6 is 15.9 Å². The molecule has 1 unspecified atom stereocenters. The Labute approximate surface area is 128 Å². The molecule has 112 valence electrons. The van der Waals surface area contributed by atoms with Gasteiger partial charge in [0.15, 0.2) is 0 Å². The van der Waals surface area contributed by atoms with Gasteiger partial charge >= 0.3 is 0 Å². The lowest BCUT2D eigenvalue weighted by Crippen LogP contribution is -2.42. The van der Waals surface area contributed by atoms with Crippen molar-refractivity contribution >= 4 is 21.8 Å². The molecule has 1 rings (SSSR count). The zero-order chi connectivity index (χ0) is 15.0. The quantitative estimate of drug-likeness (QED) is 0.710. The second kappa shape index (κ2) is 9.08. The van der Waals surface area contributed by atoms with E-state index in [0.717, 1.165) is 29.3 Å². The average Bonchev–Trinajstić information content (AvgIpc) is 2.44. The van der Waals surface area contributed by atoms with Gasteiger partial charge in [0.25, 0.3) is 0 Å². The molecule has 0 bridgehead atoms. The molecule has 0 heterocycles. The Morgan fingerprint density at radius 2 is 2.15 bits per heavy atom. The molecule has 2 N–H and O–H groups in total. The lowest BCUT2D eigenvalue weighted by atomic mass is 10.2. The normalized spacial score (nSPS) is 12.2. The van der Waals surface area contributed by atoms with Gasteiger partial charge in [-0.1, -0.05) is 35.7 Å². The monoisotopic (exact) mass is 344 g/mol. The molecule has 5 heteroatoms. The van der Waals surface area contributed by atoms with Crippen molar-refractivity contribution in [2.75, 3.05) is 6.54 Å². The Morgan fingerprint density at radius 1 is 1.40 bits per heavy atom. The van der Waals surface area contributed by atoms with Gasteiger partial charge in [-0.2, -0.15) is 0 Å². The number of hydrogen-bond donors (Lipinski definition) is 2. The van der Waals surface area contributed by atoms with E-state index in [0.29, 0.717) is 13.1 Å². The number of amides is 1. The van der Waals surface area contributed by atoms with Crippen LogP contribution in [-0.4, -0.2) is 18.5 Å². The Balaban J connectivity index is 2.36. The van der Waals surface area contributed by atoms with Crippen LogP contribution in [0.4, 0.5) is 4.39 Å². The summed E-state index contributed by atoms with van der Waals surface area (Å²) in [4.78, 5) is 11.8. The minimum absolute atomic E-state index is 0.0198. The molecule has 0 aliphatic rings. The third-order valence-electron chi connectivity index (χ3n) is 3.08. The molecule has 0 fully saturated rings. The van der Waals surface area contributed by atoms with Crippen molar-refractivity contribution in [3.8, 4) is 0 Å². The van der Waals surface area contributed by atoms with Crippen molar-refractivity contribution in [2.45, 2.75) is 45.7 Å². The highest BCUT2D eigenvalue weighted by Crippen LogP contribution is 2.17. The average molecular weight is 345 g/mol. The first-order valence-electron chi connectivity index (χ1n) is 6.99. The molecule has 3 nitrogen and oxygen atoms in total. The first-order chi connectivity index (χ1) is 9.54. The van der Waals surface area contributed by atoms with Gasteiger partial charge in [-0.05, 0) is 37.1 Å². The van der Waals surface area contributed by atoms with E-state index in [1.54, 1.807) is 6.07 Å². The highest BCUT2D eigenvalue weighted by atomic mass is 79.9. The number of carbonyl (C=O) groups excluding carboxylic acids is 1. The maximum absolute atomic E-state index is 13.1. The zero-order valence-corrected chi connectivity index (χ0v) is 13.6. The lowest BCUT2D eigenvalue weighted by molar-refractivity contribution is -0.122. The van der Waals surface area contributed by atoms with E-state index in [1.165, 1.54) is 12.1 Å². The van der Waals surface area contributed by atoms with E-state index in [9.17, 15) is 9.18 Å². The van der Waals surface area contributed by atoms with Crippen LogP contribution in [-0.2, 0) is 11.3 Å². The summed E-state index contributed by atoms with van der Waals surface area (Å²) in [5, 5.41) is 5.99. The first-order valence-corrected chi connectivity index (χ1v) is 7.79. The van der Waals surface area contributed by atoms with Crippen LogP contribution in [0.25, 0.3) is 0 Å². The zero-order valence-electron chi connectivity index (χ0n) is 12.0. The highest BCUT2D eigenvalue weighted by Gasteiger charge is 2.12. The first kappa shape index (κ1) is 17.1. The number of benzene rings is 1. The smallest absolute Gasteiger partial charge is 0.236 e. The molecular formula is C15H22BrFN2O. The molecule has 0 aromatic heterocycles. The van der Waals surface area contributed by atoms with Crippen molar-refractivity contribution in [2.24, 2.45) is 0 Å². The summed E-state index contributed by atoms with van der Waals surface area (Å²) in [6, 6.07) is 4.23. The van der Waals surface area contributed by atoms with E-state index in [2.05, 4.69) is 33.5 Å². The standard InChI is InChI=1S/C15H22BrFN2O/c1-3-4-5-8-18-15(20)11(2)19-10-12-9-13(17)6-7-14(12)16/h6-7,9,11,19H,3-5,8,10H2,1-2H3,(H,18,20). The summed E-state index contributed by atoms with van der Waals surface area (Å²) in [6.07, 6.45) is 3.26. The maximum atomic E-state index is 13.1. The molecular weight excluding hydrogens is 323 g/mol. The SMILES string of the molecule is CCCCCNC(=O)C(C)NCc1cc(F)ccc1Br. The number of rotatable bonds is 8. The summed E-state index contributed by atoms with van der Waals surface area (Å²) in [5.41, 5.74) is 0.802. The molecule has 0 saturated heterocycles. The lowest BCUT2D eigenvalue weighted by Gasteiger charge is -2.14. The second-order valence-corrected chi connectivity index (χ2v) is 5.69. The molecule has 1 atom stereocenters. The fourth-order valence-corrected chi connectivity index (χ4v) is 2.16. The minimum Gasteiger partial charge on any atom is -0.355 e. The number of nitrogens with one attached hydrogen (secondary N) is 2. The molecule has 1 amide bonds. The van der Waals surface area contributed by atoms with E-state index in [1.807, 2.05) is 6.92 Å². The van der Waals surface area contributed by atoms with Gasteiger partial charge in [-0.25, -0.2) is 4.39 Å². The third kappa shape index (κ3) is 6.01. The van der Waals surface area contributed by atoms with Gasteiger partial charge < -0.3 is 10.6 Å². The summed E-state index contributed by atoms with van der Waals surface area (Å²) in [5.74, 6) is -0.296. The number of halogens is 2. The minimum atomic E-state index is -0.299.